The summed E-state index contributed by atoms with van der Waals surface area (Å²) in [5.74, 6) is 0.516. The molecule has 2 heterocycles. The Balaban J connectivity index is 2.40. The molecule has 0 amide bonds. The number of aromatic nitrogens is 3. The summed E-state index contributed by atoms with van der Waals surface area (Å²) in [7, 11) is 0. The molecule has 0 saturated carbocycles. The minimum absolute atomic E-state index is 0.516. The van der Waals surface area contributed by atoms with Crippen molar-refractivity contribution >= 4 is 38.5 Å². The molecule has 18 heavy (non-hydrogen) atoms. The van der Waals surface area contributed by atoms with Crippen molar-refractivity contribution in [2.75, 3.05) is 5.73 Å². The normalized spacial score (nSPS) is 11.6. The maximum Gasteiger partial charge on any atom is 0.143 e. The first-order valence-corrected chi connectivity index (χ1v) is 5.74. The predicted octanol–water partition coefficient (Wildman–Crippen LogP) is 2.85. The van der Waals surface area contributed by atoms with Gasteiger partial charge in [-0.1, -0.05) is 30.3 Å². The van der Waals surface area contributed by atoms with Gasteiger partial charge in [-0.2, -0.15) is 0 Å². The van der Waals surface area contributed by atoms with E-state index in [0.717, 1.165) is 21.9 Å². The summed E-state index contributed by atoms with van der Waals surface area (Å²) in [6.45, 7) is 0. The fraction of sp³-hybridized carbons (Fsp3) is 0. The van der Waals surface area contributed by atoms with Crippen LogP contribution in [0.2, 0.25) is 0 Å². The van der Waals surface area contributed by atoms with Crippen LogP contribution >= 0.6 is 0 Å². The Labute approximate surface area is 102 Å². The van der Waals surface area contributed by atoms with Gasteiger partial charge < -0.3 is 10.7 Å². The lowest BCUT2D eigenvalue weighted by Crippen LogP contribution is -1.91. The van der Waals surface area contributed by atoms with E-state index in [4.69, 9.17) is 5.73 Å². The Morgan fingerprint density at radius 3 is 2.78 bits per heavy atom. The second kappa shape index (κ2) is 3.20. The highest BCUT2D eigenvalue weighted by molar-refractivity contribution is 6.22. The second-order valence-corrected chi connectivity index (χ2v) is 4.32. The number of nitrogen functional groups attached to an aromatic ring is 1. The molecule has 4 rings (SSSR count). The fourth-order valence-corrected chi connectivity index (χ4v) is 2.51. The molecule has 0 aliphatic carbocycles. The summed E-state index contributed by atoms with van der Waals surface area (Å²) in [5, 5.41) is 4.36. The molecule has 86 valence electrons. The van der Waals surface area contributed by atoms with Crippen molar-refractivity contribution in [3.05, 3.63) is 42.7 Å². The lowest BCUT2D eigenvalue weighted by Gasteiger charge is -2.00. The number of nitrogens with one attached hydrogen (secondary N) is 1. The average Bonchev–Trinajstić information content (AvgIpc) is 2.79. The first-order chi connectivity index (χ1) is 8.84. The van der Waals surface area contributed by atoms with Gasteiger partial charge in [0.25, 0.3) is 0 Å². The van der Waals surface area contributed by atoms with Gasteiger partial charge in [0, 0.05) is 10.9 Å². The largest absolute Gasteiger partial charge is 0.383 e. The standard InChI is InChI=1S/C14H10N4/c15-13-12-11-9-4-2-1-3-8(9)5-6-10(11)18-14(12)17-7-16-13/h1-7H,(H3,15,16,17,18). The molecule has 0 aliphatic rings. The molecule has 3 N–H and O–H groups in total. The van der Waals surface area contributed by atoms with Gasteiger partial charge >= 0.3 is 0 Å². The van der Waals surface area contributed by atoms with Crippen LogP contribution in [0.1, 0.15) is 0 Å². The number of benzene rings is 2. The van der Waals surface area contributed by atoms with Crippen LogP contribution in [0.15, 0.2) is 42.7 Å². The van der Waals surface area contributed by atoms with E-state index in [9.17, 15) is 0 Å². The molecule has 0 bridgehead atoms. The Morgan fingerprint density at radius 2 is 1.83 bits per heavy atom. The van der Waals surface area contributed by atoms with E-state index in [1.807, 2.05) is 12.1 Å². The van der Waals surface area contributed by atoms with Gasteiger partial charge in [0.15, 0.2) is 0 Å². The van der Waals surface area contributed by atoms with Crippen molar-refractivity contribution < 1.29 is 0 Å². The number of anilines is 1. The lowest BCUT2D eigenvalue weighted by molar-refractivity contribution is 1.21. The van der Waals surface area contributed by atoms with Gasteiger partial charge in [-0.15, -0.1) is 0 Å². The van der Waals surface area contributed by atoms with E-state index in [-0.39, 0.29) is 0 Å². The molecule has 4 nitrogen and oxygen atoms in total. The monoisotopic (exact) mass is 234 g/mol. The molecular formula is C14H10N4. The summed E-state index contributed by atoms with van der Waals surface area (Å²) in [6, 6.07) is 12.4. The van der Waals surface area contributed by atoms with E-state index < -0.39 is 0 Å². The van der Waals surface area contributed by atoms with Crippen LogP contribution in [-0.4, -0.2) is 15.0 Å². The number of nitrogens with two attached hydrogens (primary N) is 1. The van der Waals surface area contributed by atoms with Gasteiger partial charge in [0.1, 0.15) is 17.8 Å². The van der Waals surface area contributed by atoms with E-state index in [2.05, 4.69) is 39.2 Å². The zero-order valence-corrected chi connectivity index (χ0v) is 9.51. The van der Waals surface area contributed by atoms with Crippen molar-refractivity contribution in [3.8, 4) is 0 Å². The highest BCUT2D eigenvalue weighted by Crippen LogP contribution is 2.33. The number of hydrogen-bond acceptors (Lipinski definition) is 3. The molecule has 0 saturated heterocycles. The van der Waals surface area contributed by atoms with E-state index >= 15 is 0 Å². The third-order valence-electron chi connectivity index (χ3n) is 3.31. The molecule has 4 aromatic rings. The molecule has 2 aromatic heterocycles. The third-order valence-corrected chi connectivity index (χ3v) is 3.31. The highest BCUT2D eigenvalue weighted by Gasteiger charge is 2.11. The number of aromatic amines is 1. The Bertz CT molecular complexity index is 892. The third kappa shape index (κ3) is 1.09. The molecule has 0 radical (unpaired) electrons. The number of fused-ring (bicyclic) bond motifs is 5. The Morgan fingerprint density at radius 1 is 0.944 bits per heavy atom. The second-order valence-electron chi connectivity index (χ2n) is 4.32. The van der Waals surface area contributed by atoms with Crippen LogP contribution in [0.5, 0.6) is 0 Å². The van der Waals surface area contributed by atoms with Crippen LogP contribution in [0.3, 0.4) is 0 Å². The number of hydrogen-bond donors (Lipinski definition) is 2. The molecule has 0 unspecified atom stereocenters. The quantitative estimate of drug-likeness (QED) is 0.491. The van der Waals surface area contributed by atoms with Crippen LogP contribution < -0.4 is 5.73 Å². The minimum atomic E-state index is 0.516. The number of H-pyrrole nitrogens is 1. The van der Waals surface area contributed by atoms with Crippen LogP contribution in [0.25, 0.3) is 32.7 Å². The van der Waals surface area contributed by atoms with E-state index in [0.29, 0.717) is 5.82 Å². The zero-order chi connectivity index (χ0) is 12.1. The van der Waals surface area contributed by atoms with Crippen molar-refractivity contribution in [1.82, 2.24) is 15.0 Å². The zero-order valence-electron chi connectivity index (χ0n) is 9.51. The average molecular weight is 234 g/mol. The van der Waals surface area contributed by atoms with Crippen molar-refractivity contribution in [2.24, 2.45) is 0 Å². The summed E-state index contributed by atoms with van der Waals surface area (Å²) < 4.78 is 0. The molecular weight excluding hydrogens is 224 g/mol. The van der Waals surface area contributed by atoms with Gasteiger partial charge in [-0.05, 0) is 16.8 Å². The van der Waals surface area contributed by atoms with Gasteiger partial charge in [0.2, 0.25) is 0 Å². The van der Waals surface area contributed by atoms with Crippen molar-refractivity contribution in [3.63, 3.8) is 0 Å². The predicted molar refractivity (Wildman–Crippen MR) is 73.3 cm³/mol. The molecule has 2 aromatic carbocycles. The fourth-order valence-electron chi connectivity index (χ4n) is 2.51. The summed E-state index contributed by atoms with van der Waals surface area (Å²) >= 11 is 0. The van der Waals surface area contributed by atoms with Crippen molar-refractivity contribution in [2.45, 2.75) is 0 Å². The molecule has 0 atom stereocenters. The van der Waals surface area contributed by atoms with Gasteiger partial charge in [-0.3, -0.25) is 0 Å². The first-order valence-electron chi connectivity index (χ1n) is 5.74. The SMILES string of the molecule is Nc1ncnc2[nH]c3ccc4ccccc4c3c12. The van der Waals surface area contributed by atoms with Crippen molar-refractivity contribution in [1.29, 1.82) is 0 Å². The lowest BCUT2D eigenvalue weighted by atomic mass is 10.0. The van der Waals surface area contributed by atoms with E-state index in [1.165, 1.54) is 17.1 Å². The van der Waals surface area contributed by atoms with Crippen LogP contribution in [0.4, 0.5) is 5.82 Å². The maximum absolute atomic E-state index is 5.99. The molecule has 0 spiro atoms. The summed E-state index contributed by atoms with van der Waals surface area (Å²) in [5.41, 5.74) is 7.81. The maximum atomic E-state index is 5.99. The van der Waals surface area contributed by atoms with Crippen LogP contribution in [0, 0.1) is 0 Å². The molecule has 0 aliphatic heterocycles. The molecule has 0 fully saturated rings. The van der Waals surface area contributed by atoms with Gasteiger partial charge in [-0.25, -0.2) is 9.97 Å². The highest BCUT2D eigenvalue weighted by atomic mass is 15.0. The van der Waals surface area contributed by atoms with Crippen LogP contribution in [-0.2, 0) is 0 Å². The topological polar surface area (TPSA) is 67.6 Å². The number of rotatable bonds is 0. The Kier molecular flexibility index (Phi) is 1.67. The van der Waals surface area contributed by atoms with Gasteiger partial charge in [0.05, 0.1) is 5.39 Å². The van der Waals surface area contributed by atoms with E-state index in [1.54, 1.807) is 0 Å². The molecule has 4 heteroatoms. The smallest absolute Gasteiger partial charge is 0.143 e. The number of nitrogens with zero attached hydrogens (tertiary/aromatic N) is 2. The minimum Gasteiger partial charge on any atom is -0.383 e. The summed E-state index contributed by atoms with van der Waals surface area (Å²) in [6.07, 6.45) is 1.48. The first kappa shape index (κ1) is 9.41. The Hall–Kier alpha value is -2.62. The summed E-state index contributed by atoms with van der Waals surface area (Å²) in [4.78, 5) is 11.6.